The van der Waals surface area contributed by atoms with Crippen LogP contribution in [0.5, 0.6) is 0 Å². The number of carbonyl (C=O) groups excluding carboxylic acids is 1. The summed E-state index contributed by atoms with van der Waals surface area (Å²) in [4.78, 5) is 14.7. The van der Waals surface area contributed by atoms with Gasteiger partial charge < -0.3 is 14.2 Å². The zero-order valence-corrected chi connectivity index (χ0v) is 18.0. The van der Waals surface area contributed by atoms with Gasteiger partial charge in [-0.2, -0.15) is 0 Å². The van der Waals surface area contributed by atoms with E-state index in [0.29, 0.717) is 48.3 Å². The Balaban J connectivity index is 1.72. The third-order valence-electron chi connectivity index (χ3n) is 5.56. The van der Waals surface area contributed by atoms with E-state index in [1.54, 1.807) is 17.0 Å². The van der Waals surface area contributed by atoms with Gasteiger partial charge in [-0.1, -0.05) is 34.7 Å². The molecule has 1 amide bonds. The lowest BCUT2D eigenvalue weighted by Gasteiger charge is -2.27. The van der Waals surface area contributed by atoms with Crippen LogP contribution in [0.4, 0.5) is 0 Å². The van der Waals surface area contributed by atoms with E-state index in [9.17, 15) is 4.79 Å². The summed E-state index contributed by atoms with van der Waals surface area (Å²) in [5.74, 6) is -0.0862. The van der Waals surface area contributed by atoms with E-state index in [1.807, 2.05) is 26.1 Å². The lowest BCUT2D eigenvalue weighted by atomic mass is 9.93. The number of morpholine rings is 1. The molecule has 1 saturated heterocycles. The number of carbonyl (C=O) groups is 1. The molecule has 0 unspecified atom stereocenters. The van der Waals surface area contributed by atoms with Crippen LogP contribution in [0.1, 0.15) is 27.2 Å². The van der Waals surface area contributed by atoms with E-state index in [2.05, 4.69) is 10.6 Å². The Morgan fingerprint density at radius 2 is 1.90 bits per heavy atom. The summed E-state index contributed by atoms with van der Waals surface area (Å²) in [6.07, 6.45) is 0.520. The van der Waals surface area contributed by atoms with E-state index >= 15 is 0 Å². The molecule has 1 aromatic heterocycles. The Morgan fingerprint density at radius 3 is 2.62 bits per heavy atom. The zero-order valence-electron chi connectivity index (χ0n) is 16.5. The number of rotatable bonds is 3. The van der Waals surface area contributed by atoms with Gasteiger partial charge in [0.15, 0.2) is 0 Å². The SMILES string of the molecule is [B]c1cc(C)c2cc(Cc3c(Cl)ccc(C(=O)N4CCOCC4)c3Cl)n(C)c2c1. The number of fused-ring (bicyclic) bond motifs is 1. The molecule has 0 atom stereocenters. The maximum atomic E-state index is 13.0. The van der Waals surface area contributed by atoms with Crippen LogP contribution in [0.25, 0.3) is 10.9 Å². The predicted octanol–water partition coefficient (Wildman–Crippen LogP) is 3.65. The molecule has 1 aliphatic rings. The summed E-state index contributed by atoms with van der Waals surface area (Å²) in [7, 11) is 8.02. The smallest absolute Gasteiger partial charge is 0.255 e. The van der Waals surface area contributed by atoms with Crippen molar-refractivity contribution in [2.24, 2.45) is 7.05 Å². The minimum Gasteiger partial charge on any atom is -0.378 e. The summed E-state index contributed by atoms with van der Waals surface area (Å²) in [6, 6.07) is 9.52. The summed E-state index contributed by atoms with van der Waals surface area (Å²) in [6.45, 7) is 4.27. The van der Waals surface area contributed by atoms with E-state index in [4.69, 9.17) is 35.8 Å². The van der Waals surface area contributed by atoms with Gasteiger partial charge in [0.1, 0.15) is 7.85 Å². The van der Waals surface area contributed by atoms with Crippen molar-refractivity contribution in [3.8, 4) is 0 Å². The summed E-state index contributed by atoms with van der Waals surface area (Å²) < 4.78 is 7.44. The molecule has 2 aromatic carbocycles. The average Bonchev–Trinajstić information content (AvgIpc) is 3.01. The van der Waals surface area contributed by atoms with Crippen molar-refractivity contribution in [2.75, 3.05) is 26.3 Å². The molecule has 2 radical (unpaired) electrons. The first-order chi connectivity index (χ1) is 13.9. The highest BCUT2D eigenvalue weighted by Gasteiger charge is 2.23. The van der Waals surface area contributed by atoms with Crippen LogP contribution in [-0.4, -0.2) is 49.5 Å². The molecule has 0 saturated carbocycles. The summed E-state index contributed by atoms with van der Waals surface area (Å²) in [5, 5.41) is 2.11. The maximum absolute atomic E-state index is 13.0. The quantitative estimate of drug-likeness (QED) is 0.599. The largest absolute Gasteiger partial charge is 0.378 e. The molecule has 7 heteroatoms. The summed E-state index contributed by atoms with van der Waals surface area (Å²) >= 11 is 13.2. The van der Waals surface area contributed by atoms with E-state index in [1.165, 1.54) is 0 Å². The monoisotopic (exact) mass is 426 g/mol. The van der Waals surface area contributed by atoms with Crippen molar-refractivity contribution in [3.63, 3.8) is 0 Å². The van der Waals surface area contributed by atoms with Gasteiger partial charge in [-0.15, -0.1) is 0 Å². The number of nitrogens with zero attached hydrogens (tertiary/aromatic N) is 2. The Hall–Kier alpha value is -1.95. The van der Waals surface area contributed by atoms with Crippen LogP contribution in [-0.2, 0) is 18.2 Å². The van der Waals surface area contributed by atoms with Crippen LogP contribution in [0.2, 0.25) is 10.0 Å². The number of amides is 1. The molecule has 4 rings (SSSR count). The lowest BCUT2D eigenvalue weighted by molar-refractivity contribution is 0.0303. The highest BCUT2D eigenvalue weighted by atomic mass is 35.5. The second-order valence-corrected chi connectivity index (χ2v) is 8.22. The third-order valence-corrected chi connectivity index (χ3v) is 6.35. The van der Waals surface area contributed by atoms with Gasteiger partial charge in [0.25, 0.3) is 5.91 Å². The molecule has 1 aliphatic heterocycles. The number of hydrogen-bond donors (Lipinski definition) is 0. The van der Waals surface area contributed by atoms with E-state index in [-0.39, 0.29) is 5.91 Å². The molecule has 1 fully saturated rings. The minimum absolute atomic E-state index is 0.0862. The van der Waals surface area contributed by atoms with Crippen molar-refractivity contribution >= 4 is 53.3 Å². The molecule has 3 aromatic rings. The van der Waals surface area contributed by atoms with E-state index < -0.39 is 0 Å². The Labute approximate surface area is 181 Å². The second-order valence-electron chi connectivity index (χ2n) is 7.43. The van der Waals surface area contributed by atoms with E-state index in [0.717, 1.165) is 33.2 Å². The van der Waals surface area contributed by atoms with Crippen molar-refractivity contribution in [1.29, 1.82) is 0 Å². The highest BCUT2D eigenvalue weighted by molar-refractivity contribution is 6.38. The standard InChI is InChI=1S/C22H21BCl2N2O2/c1-13-9-14(23)10-20-17(13)11-15(26(20)2)12-18-19(24)4-3-16(21(18)25)22(28)27-5-7-29-8-6-27/h3-4,9-11H,5-8,12H2,1-2H3. The first kappa shape index (κ1) is 20.3. The fourth-order valence-electron chi connectivity index (χ4n) is 3.90. The van der Waals surface area contributed by atoms with Crippen molar-refractivity contribution in [1.82, 2.24) is 9.47 Å². The van der Waals surface area contributed by atoms with Crippen molar-refractivity contribution in [3.05, 3.63) is 62.8 Å². The average molecular weight is 427 g/mol. The first-order valence-corrected chi connectivity index (χ1v) is 10.3. The third kappa shape index (κ3) is 3.79. The fraction of sp³-hybridized carbons (Fsp3) is 0.318. The number of aromatic nitrogens is 1. The first-order valence-electron chi connectivity index (χ1n) is 9.55. The van der Waals surface area contributed by atoms with Crippen LogP contribution in [0.3, 0.4) is 0 Å². The van der Waals surface area contributed by atoms with Crippen molar-refractivity contribution in [2.45, 2.75) is 13.3 Å². The second kappa shape index (κ2) is 8.06. The van der Waals surface area contributed by atoms with Gasteiger partial charge >= 0.3 is 0 Å². The van der Waals surface area contributed by atoms with Crippen LogP contribution < -0.4 is 5.46 Å². The minimum atomic E-state index is -0.0862. The molecule has 2 heterocycles. The Morgan fingerprint density at radius 1 is 1.17 bits per heavy atom. The molecule has 29 heavy (non-hydrogen) atoms. The van der Waals surface area contributed by atoms with Crippen LogP contribution in [0.15, 0.2) is 30.3 Å². The van der Waals surface area contributed by atoms with Gasteiger partial charge in [0, 0.05) is 48.2 Å². The molecule has 0 bridgehead atoms. The van der Waals surface area contributed by atoms with Gasteiger partial charge in [0.2, 0.25) is 0 Å². The number of ether oxygens (including phenoxy) is 1. The molecule has 0 aliphatic carbocycles. The topological polar surface area (TPSA) is 34.5 Å². The number of aryl methyl sites for hydroxylation is 2. The maximum Gasteiger partial charge on any atom is 0.255 e. The number of hydrogen-bond acceptors (Lipinski definition) is 2. The number of halogens is 2. The zero-order chi connectivity index (χ0) is 20.7. The molecular weight excluding hydrogens is 406 g/mol. The van der Waals surface area contributed by atoms with Crippen LogP contribution >= 0.6 is 23.2 Å². The lowest BCUT2D eigenvalue weighted by Crippen LogP contribution is -2.40. The molecule has 0 spiro atoms. The van der Waals surface area contributed by atoms with Gasteiger partial charge in [0.05, 0.1) is 23.8 Å². The summed E-state index contributed by atoms with van der Waals surface area (Å²) in [5.41, 5.74) is 5.20. The fourth-order valence-corrected chi connectivity index (χ4v) is 4.49. The molecular formula is C22H21BCl2N2O2. The van der Waals surface area contributed by atoms with Crippen molar-refractivity contribution < 1.29 is 9.53 Å². The Kier molecular flexibility index (Phi) is 5.65. The van der Waals surface area contributed by atoms with Gasteiger partial charge in [-0.05, 0) is 42.3 Å². The van der Waals surface area contributed by atoms with Gasteiger partial charge in [-0.3, -0.25) is 4.79 Å². The molecule has 4 nitrogen and oxygen atoms in total. The van der Waals surface area contributed by atoms with Crippen LogP contribution in [0, 0.1) is 6.92 Å². The normalized spacial score (nSPS) is 14.6. The highest BCUT2D eigenvalue weighted by Crippen LogP contribution is 2.33. The van der Waals surface area contributed by atoms with Gasteiger partial charge in [-0.25, -0.2) is 0 Å². The molecule has 148 valence electrons. The predicted molar refractivity (Wildman–Crippen MR) is 119 cm³/mol. The number of benzene rings is 2. The Bertz CT molecular complexity index is 1100. The molecule has 0 N–H and O–H groups in total.